The lowest BCUT2D eigenvalue weighted by Gasteiger charge is -2.26. The van der Waals surface area contributed by atoms with Gasteiger partial charge in [0.2, 0.25) is 0 Å². The van der Waals surface area contributed by atoms with E-state index in [9.17, 15) is 0 Å². The van der Waals surface area contributed by atoms with Gasteiger partial charge in [-0.05, 0) is 43.5 Å². The van der Waals surface area contributed by atoms with Gasteiger partial charge in [0.05, 0.1) is 7.11 Å². The van der Waals surface area contributed by atoms with Gasteiger partial charge >= 0.3 is 0 Å². The van der Waals surface area contributed by atoms with E-state index in [1.807, 2.05) is 12.1 Å². The summed E-state index contributed by atoms with van der Waals surface area (Å²) in [6.07, 6.45) is 5.09. The molecule has 2 N–H and O–H groups in total. The van der Waals surface area contributed by atoms with Crippen molar-refractivity contribution in [1.82, 2.24) is 10.6 Å². The van der Waals surface area contributed by atoms with Crippen LogP contribution in [0.4, 0.5) is 0 Å². The zero-order chi connectivity index (χ0) is 13.5. The first kappa shape index (κ1) is 14.4. The highest BCUT2D eigenvalue weighted by Gasteiger charge is 2.15. The molecule has 1 heterocycles. The zero-order valence-corrected chi connectivity index (χ0v) is 12.1. The molecule has 1 aliphatic heterocycles. The first-order chi connectivity index (χ1) is 9.33. The molecule has 0 saturated carbocycles. The molecule has 1 fully saturated rings. The first-order valence-corrected chi connectivity index (χ1v) is 7.44. The van der Waals surface area contributed by atoms with E-state index in [4.69, 9.17) is 4.74 Å². The number of methoxy groups -OCH3 is 1. The maximum Gasteiger partial charge on any atom is 0.118 e. The van der Waals surface area contributed by atoms with E-state index < -0.39 is 0 Å². The van der Waals surface area contributed by atoms with Crippen LogP contribution in [0.15, 0.2) is 24.3 Å². The van der Waals surface area contributed by atoms with Gasteiger partial charge in [-0.3, -0.25) is 0 Å². The Labute approximate surface area is 116 Å². The molecule has 3 heteroatoms. The van der Waals surface area contributed by atoms with Crippen LogP contribution in [0.25, 0.3) is 0 Å². The summed E-state index contributed by atoms with van der Waals surface area (Å²) in [6.45, 7) is 4.46. The van der Waals surface area contributed by atoms with E-state index in [-0.39, 0.29) is 0 Å². The predicted molar refractivity (Wildman–Crippen MR) is 79.7 cm³/mol. The van der Waals surface area contributed by atoms with Crippen molar-refractivity contribution < 1.29 is 4.74 Å². The van der Waals surface area contributed by atoms with Crippen LogP contribution >= 0.6 is 0 Å². The molecule has 2 atom stereocenters. The van der Waals surface area contributed by atoms with Crippen molar-refractivity contribution in [2.24, 2.45) is 0 Å². The Bertz CT molecular complexity index is 358. The minimum absolute atomic E-state index is 0.439. The molecule has 0 aromatic heterocycles. The van der Waals surface area contributed by atoms with Gasteiger partial charge in [-0.15, -0.1) is 0 Å². The standard InChI is InChI=1S/C16H26N2O/c1-3-16(13-7-9-15(19-2)10-8-13)18-12-14-6-4-5-11-17-14/h7-10,14,16-18H,3-6,11-12H2,1-2H3. The highest BCUT2D eigenvalue weighted by atomic mass is 16.5. The quantitative estimate of drug-likeness (QED) is 0.827. The van der Waals surface area contributed by atoms with Gasteiger partial charge in [0.15, 0.2) is 0 Å². The van der Waals surface area contributed by atoms with E-state index in [2.05, 4.69) is 29.7 Å². The molecular formula is C16H26N2O. The number of rotatable bonds is 6. The molecule has 1 saturated heterocycles. The van der Waals surface area contributed by atoms with Crippen molar-refractivity contribution in [2.75, 3.05) is 20.2 Å². The van der Waals surface area contributed by atoms with Crippen molar-refractivity contribution in [1.29, 1.82) is 0 Å². The van der Waals surface area contributed by atoms with Crippen molar-refractivity contribution in [3.63, 3.8) is 0 Å². The number of hydrogen-bond acceptors (Lipinski definition) is 3. The summed E-state index contributed by atoms with van der Waals surface area (Å²) >= 11 is 0. The van der Waals surface area contributed by atoms with Crippen LogP contribution in [-0.4, -0.2) is 26.2 Å². The normalized spacial score (nSPS) is 21.1. The lowest BCUT2D eigenvalue weighted by Crippen LogP contribution is -2.42. The van der Waals surface area contributed by atoms with E-state index in [1.165, 1.54) is 31.4 Å². The smallest absolute Gasteiger partial charge is 0.118 e. The van der Waals surface area contributed by atoms with Crippen LogP contribution in [0.2, 0.25) is 0 Å². The number of nitrogens with one attached hydrogen (secondary N) is 2. The van der Waals surface area contributed by atoms with E-state index >= 15 is 0 Å². The summed E-state index contributed by atoms with van der Waals surface area (Å²) in [6, 6.07) is 9.48. The Hall–Kier alpha value is -1.06. The first-order valence-electron chi connectivity index (χ1n) is 7.44. The molecule has 0 spiro atoms. The van der Waals surface area contributed by atoms with E-state index in [1.54, 1.807) is 7.11 Å². The Morgan fingerprint density at radius 1 is 1.32 bits per heavy atom. The fourth-order valence-electron chi connectivity index (χ4n) is 2.72. The molecule has 3 nitrogen and oxygen atoms in total. The van der Waals surface area contributed by atoms with Crippen molar-refractivity contribution in [3.8, 4) is 5.75 Å². The molecule has 1 aromatic carbocycles. The molecule has 106 valence electrons. The van der Waals surface area contributed by atoms with Crippen molar-refractivity contribution >= 4 is 0 Å². The summed E-state index contributed by atoms with van der Waals surface area (Å²) in [4.78, 5) is 0. The highest BCUT2D eigenvalue weighted by Crippen LogP contribution is 2.20. The van der Waals surface area contributed by atoms with Crippen LogP contribution in [0.3, 0.4) is 0 Å². The van der Waals surface area contributed by atoms with Gasteiger partial charge in [-0.2, -0.15) is 0 Å². The monoisotopic (exact) mass is 262 g/mol. The zero-order valence-electron chi connectivity index (χ0n) is 12.1. The summed E-state index contributed by atoms with van der Waals surface area (Å²) in [5, 5.41) is 7.28. The maximum absolute atomic E-state index is 5.21. The lowest BCUT2D eigenvalue weighted by molar-refractivity contribution is 0.364. The largest absolute Gasteiger partial charge is 0.497 e. The van der Waals surface area contributed by atoms with Crippen LogP contribution < -0.4 is 15.4 Å². The molecule has 2 unspecified atom stereocenters. The molecule has 0 aliphatic carbocycles. The molecule has 0 amide bonds. The minimum atomic E-state index is 0.439. The molecule has 1 aliphatic rings. The third-order valence-electron chi connectivity index (χ3n) is 3.95. The number of hydrogen-bond donors (Lipinski definition) is 2. The van der Waals surface area contributed by atoms with Crippen molar-refractivity contribution in [3.05, 3.63) is 29.8 Å². The Balaban J connectivity index is 1.87. The van der Waals surface area contributed by atoms with Gasteiger partial charge < -0.3 is 15.4 Å². The Morgan fingerprint density at radius 2 is 2.11 bits per heavy atom. The Morgan fingerprint density at radius 3 is 2.68 bits per heavy atom. The summed E-state index contributed by atoms with van der Waals surface area (Å²) in [7, 11) is 1.71. The fourth-order valence-corrected chi connectivity index (χ4v) is 2.72. The maximum atomic E-state index is 5.21. The van der Waals surface area contributed by atoms with Gasteiger partial charge in [0, 0.05) is 18.6 Å². The van der Waals surface area contributed by atoms with Gasteiger partial charge in [-0.25, -0.2) is 0 Å². The van der Waals surface area contributed by atoms with Gasteiger partial charge in [0.25, 0.3) is 0 Å². The van der Waals surface area contributed by atoms with Crippen LogP contribution in [0, 0.1) is 0 Å². The van der Waals surface area contributed by atoms with Crippen molar-refractivity contribution in [2.45, 2.75) is 44.7 Å². The topological polar surface area (TPSA) is 33.3 Å². The molecule has 19 heavy (non-hydrogen) atoms. The minimum Gasteiger partial charge on any atom is -0.497 e. The number of benzene rings is 1. The number of ether oxygens (including phenoxy) is 1. The lowest BCUT2D eigenvalue weighted by atomic mass is 10.0. The summed E-state index contributed by atoms with van der Waals surface area (Å²) in [5.74, 6) is 0.924. The fraction of sp³-hybridized carbons (Fsp3) is 0.625. The van der Waals surface area contributed by atoms with E-state index in [0.29, 0.717) is 12.1 Å². The van der Waals surface area contributed by atoms with E-state index in [0.717, 1.165) is 18.7 Å². The molecule has 0 radical (unpaired) electrons. The molecule has 1 aromatic rings. The molecule has 2 rings (SSSR count). The molecule has 0 bridgehead atoms. The van der Waals surface area contributed by atoms with Crippen LogP contribution in [0.5, 0.6) is 5.75 Å². The average Bonchev–Trinajstić information content (AvgIpc) is 2.49. The third kappa shape index (κ3) is 4.22. The van der Waals surface area contributed by atoms with Gasteiger partial charge in [-0.1, -0.05) is 25.5 Å². The van der Waals surface area contributed by atoms with Gasteiger partial charge in [0.1, 0.15) is 5.75 Å². The molecular weight excluding hydrogens is 236 g/mol. The second kappa shape index (κ2) is 7.51. The number of piperidine rings is 1. The predicted octanol–water partition coefficient (Wildman–Crippen LogP) is 2.88. The second-order valence-electron chi connectivity index (χ2n) is 5.29. The highest BCUT2D eigenvalue weighted by molar-refractivity contribution is 5.29. The second-order valence-corrected chi connectivity index (χ2v) is 5.29. The summed E-state index contributed by atoms with van der Waals surface area (Å²) in [5.41, 5.74) is 1.35. The van der Waals surface area contributed by atoms with Crippen LogP contribution in [0.1, 0.15) is 44.2 Å². The SMILES string of the molecule is CCC(NCC1CCCCN1)c1ccc(OC)cc1. The average molecular weight is 262 g/mol. The third-order valence-corrected chi connectivity index (χ3v) is 3.95. The van der Waals surface area contributed by atoms with Crippen LogP contribution in [-0.2, 0) is 0 Å². The Kier molecular flexibility index (Phi) is 5.67. The summed E-state index contributed by atoms with van der Waals surface area (Å²) < 4.78 is 5.21.